The average Bonchev–Trinajstić information content (AvgIpc) is 2.68. The van der Waals surface area contributed by atoms with Gasteiger partial charge in [-0.15, -0.1) is 0 Å². The maximum absolute atomic E-state index is 12.2. The molecule has 1 heterocycles. The van der Waals surface area contributed by atoms with Crippen LogP contribution in [0.2, 0.25) is 0 Å². The lowest BCUT2D eigenvalue weighted by Gasteiger charge is -2.08. The Morgan fingerprint density at radius 3 is 2.32 bits per heavy atom. The number of rotatable bonds is 6. The number of carbonyl (C=O) groups excluding carboxylic acids is 1. The molecule has 0 aliphatic carbocycles. The summed E-state index contributed by atoms with van der Waals surface area (Å²) in [5.41, 5.74) is 3.17. The SMILES string of the molecule is COc1ccc(Nc2ccc(C(=O)NCc3ccccc3)nc2)cc1. The van der Waals surface area contributed by atoms with Crippen LogP contribution in [0.3, 0.4) is 0 Å². The van der Waals surface area contributed by atoms with Crippen LogP contribution in [0.1, 0.15) is 16.1 Å². The van der Waals surface area contributed by atoms with Crippen LogP contribution in [-0.4, -0.2) is 18.0 Å². The van der Waals surface area contributed by atoms with E-state index in [2.05, 4.69) is 15.6 Å². The number of ether oxygens (including phenoxy) is 1. The van der Waals surface area contributed by atoms with Crippen LogP contribution in [0.25, 0.3) is 0 Å². The smallest absolute Gasteiger partial charge is 0.270 e. The van der Waals surface area contributed by atoms with Gasteiger partial charge in [0.1, 0.15) is 11.4 Å². The highest BCUT2D eigenvalue weighted by molar-refractivity contribution is 5.92. The van der Waals surface area contributed by atoms with Crippen molar-refractivity contribution in [2.24, 2.45) is 0 Å². The topological polar surface area (TPSA) is 63.2 Å². The number of methoxy groups -OCH3 is 1. The quantitative estimate of drug-likeness (QED) is 0.721. The monoisotopic (exact) mass is 333 g/mol. The summed E-state index contributed by atoms with van der Waals surface area (Å²) in [6.07, 6.45) is 1.64. The van der Waals surface area contributed by atoms with E-state index in [-0.39, 0.29) is 5.91 Å². The number of anilines is 2. The predicted molar refractivity (Wildman–Crippen MR) is 98.1 cm³/mol. The molecule has 0 fully saturated rings. The van der Waals surface area contributed by atoms with E-state index < -0.39 is 0 Å². The van der Waals surface area contributed by atoms with Crippen molar-refractivity contribution in [3.8, 4) is 5.75 Å². The van der Waals surface area contributed by atoms with Gasteiger partial charge in [-0.3, -0.25) is 4.79 Å². The van der Waals surface area contributed by atoms with Gasteiger partial charge in [-0.25, -0.2) is 4.98 Å². The van der Waals surface area contributed by atoms with Crippen molar-refractivity contribution in [2.45, 2.75) is 6.54 Å². The first-order valence-electron chi connectivity index (χ1n) is 7.94. The minimum atomic E-state index is -0.195. The Labute approximate surface area is 146 Å². The molecular weight excluding hydrogens is 314 g/mol. The van der Waals surface area contributed by atoms with Gasteiger partial charge in [-0.2, -0.15) is 0 Å². The third-order valence-corrected chi connectivity index (χ3v) is 3.67. The second kappa shape index (κ2) is 7.97. The Hall–Kier alpha value is -3.34. The van der Waals surface area contributed by atoms with Crippen LogP contribution in [0.4, 0.5) is 11.4 Å². The fourth-order valence-electron chi connectivity index (χ4n) is 2.31. The van der Waals surface area contributed by atoms with Crippen LogP contribution >= 0.6 is 0 Å². The number of aromatic nitrogens is 1. The molecule has 0 unspecified atom stereocenters. The maximum atomic E-state index is 12.2. The highest BCUT2D eigenvalue weighted by Gasteiger charge is 2.07. The summed E-state index contributed by atoms with van der Waals surface area (Å²) >= 11 is 0. The van der Waals surface area contributed by atoms with E-state index in [1.54, 1.807) is 19.4 Å². The minimum Gasteiger partial charge on any atom is -0.497 e. The summed E-state index contributed by atoms with van der Waals surface area (Å²) in [6, 6.07) is 20.9. The highest BCUT2D eigenvalue weighted by Crippen LogP contribution is 2.19. The summed E-state index contributed by atoms with van der Waals surface area (Å²) in [5.74, 6) is 0.606. The average molecular weight is 333 g/mol. The molecule has 1 aromatic heterocycles. The Morgan fingerprint density at radius 1 is 0.960 bits per heavy atom. The van der Waals surface area contributed by atoms with E-state index in [0.717, 1.165) is 22.7 Å². The molecule has 0 saturated heterocycles. The summed E-state index contributed by atoms with van der Waals surface area (Å²) in [5, 5.41) is 6.09. The molecule has 3 aromatic rings. The van der Waals surface area contributed by atoms with E-state index in [1.165, 1.54) is 0 Å². The molecular formula is C20H19N3O2. The largest absolute Gasteiger partial charge is 0.497 e. The lowest BCUT2D eigenvalue weighted by atomic mass is 10.2. The number of nitrogens with one attached hydrogen (secondary N) is 2. The molecule has 25 heavy (non-hydrogen) atoms. The fraction of sp³-hybridized carbons (Fsp3) is 0.100. The number of benzene rings is 2. The van der Waals surface area contributed by atoms with Crippen molar-refractivity contribution >= 4 is 17.3 Å². The zero-order chi connectivity index (χ0) is 17.5. The van der Waals surface area contributed by atoms with Gasteiger partial charge >= 0.3 is 0 Å². The number of hydrogen-bond donors (Lipinski definition) is 2. The first-order valence-corrected chi connectivity index (χ1v) is 7.94. The number of hydrogen-bond acceptors (Lipinski definition) is 4. The fourth-order valence-corrected chi connectivity index (χ4v) is 2.31. The molecule has 2 N–H and O–H groups in total. The van der Waals surface area contributed by atoms with Gasteiger partial charge in [0.2, 0.25) is 0 Å². The van der Waals surface area contributed by atoms with Crippen LogP contribution in [0, 0.1) is 0 Å². The molecule has 0 saturated carbocycles. The summed E-state index contributed by atoms with van der Waals surface area (Å²) in [4.78, 5) is 16.4. The third kappa shape index (κ3) is 4.57. The molecule has 1 amide bonds. The van der Waals surface area contributed by atoms with Gasteiger partial charge in [0.15, 0.2) is 0 Å². The molecule has 126 valence electrons. The van der Waals surface area contributed by atoms with Crippen molar-refractivity contribution in [3.05, 3.63) is 84.2 Å². The highest BCUT2D eigenvalue weighted by atomic mass is 16.5. The van der Waals surface area contributed by atoms with Crippen LogP contribution in [0.15, 0.2) is 72.9 Å². The van der Waals surface area contributed by atoms with Gasteiger partial charge in [0.25, 0.3) is 5.91 Å². The zero-order valence-electron chi connectivity index (χ0n) is 13.9. The summed E-state index contributed by atoms with van der Waals surface area (Å²) < 4.78 is 5.13. The first-order chi connectivity index (χ1) is 12.2. The molecule has 0 atom stereocenters. The van der Waals surface area contributed by atoms with Crippen molar-refractivity contribution in [3.63, 3.8) is 0 Å². The van der Waals surface area contributed by atoms with Crippen LogP contribution in [-0.2, 0) is 6.54 Å². The van der Waals surface area contributed by atoms with Crippen molar-refractivity contribution < 1.29 is 9.53 Å². The molecule has 5 nitrogen and oxygen atoms in total. The third-order valence-electron chi connectivity index (χ3n) is 3.67. The van der Waals surface area contributed by atoms with E-state index in [4.69, 9.17) is 4.74 Å². The molecule has 0 radical (unpaired) electrons. The van der Waals surface area contributed by atoms with Gasteiger partial charge in [0.05, 0.1) is 19.0 Å². The van der Waals surface area contributed by atoms with E-state index in [9.17, 15) is 4.79 Å². The number of amides is 1. The molecule has 0 aliphatic heterocycles. The second-order valence-electron chi connectivity index (χ2n) is 5.45. The first kappa shape index (κ1) is 16.5. The van der Waals surface area contributed by atoms with Crippen molar-refractivity contribution in [2.75, 3.05) is 12.4 Å². The normalized spacial score (nSPS) is 10.1. The van der Waals surface area contributed by atoms with Crippen LogP contribution < -0.4 is 15.4 Å². The molecule has 2 aromatic carbocycles. The van der Waals surface area contributed by atoms with Gasteiger partial charge in [0, 0.05) is 12.2 Å². The summed E-state index contributed by atoms with van der Waals surface area (Å²) in [6.45, 7) is 0.479. The Balaban J connectivity index is 1.58. The Morgan fingerprint density at radius 2 is 1.68 bits per heavy atom. The number of pyridine rings is 1. The number of nitrogens with zero attached hydrogens (tertiary/aromatic N) is 1. The summed E-state index contributed by atoms with van der Waals surface area (Å²) in [7, 11) is 1.63. The number of carbonyl (C=O) groups is 1. The maximum Gasteiger partial charge on any atom is 0.270 e. The predicted octanol–water partition coefficient (Wildman–Crippen LogP) is 3.76. The van der Waals surface area contributed by atoms with E-state index in [0.29, 0.717) is 12.2 Å². The lowest BCUT2D eigenvalue weighted by molar-refractivity contribution is 0.0946. The molecule has 5 heteroatoms. The van der Waals surface area contributed by atoms with Crippen molar-refractivity contribution in [1.82, 2.24) is 10.3 Å². The molecule has 3 rings (SSSR count). The van der Waals surface area contributed by atoms with Gasteiger partial charge < -0.3 is 15.4 Å². The molecule has 0 aliphatic rings. The Kier molecular flexibility index (Phi) is 5.26. The second-order valence-corrected chi connectivity index (χ2v) is 5.45. The molecule has 0 spiro atoms. The van der Waals surface area contributed by atoms with Crippen molar-refractivity contribution in [1.29, 1.82) is 0 Å². The minimum absolute atomic E-state index is 0.195. The zero-order valence-corrected chi connectivity index (χ0v) is 13.9. The van der Waals surface area contributed by atoms with E-state index >= 15 is 0 Å². The standard InChI is InChI=1S/C20H19N3O2/c1-25-18-10-7-16(8-11-18)23-17-9-12-19(21-14-17)20(24)22-13-15-5-3-2-4-6-15/h2-12,14,23H,13H2,1H3,(H,22,24). The Bertz CT molecular complexity index is 816. The van der Waals surface area contributed by atoms with E-state index in [1.807, 2.05) is 60.7 Å². The van der Waals surface area contributed by atoms with Gasteiger partial charge in [-0.05, 0) is 42.0 Å². The van der Waals surface area contributed by atoms with Gasteiger partial charge in [-0.1, -0.05) is 30.3 Å². The van der Waals surface area contributed by atoms with Crippen LogP contribution in [0.5, 0.6) is 5.75 Å². The molecule has 0 bridgehead atoms. The lowest BCUT2D eigenvalue weighted by Crippen LogP contribution is -2.23.